The third-order valence-corrected chi connectivity index (χ3v) is 8.19. The smallest absolute Gasteiger partial charge is 0.139 e. The van der Waals surface area contributed by atoms with E-state index in [1.165, 1.54) is 19.3 Å². The van der Waals surface area contributed by atoms with Crippen LogP contribution in [-0.2, 0) is 9.59 Å². The largest absolute Gasteiger partial charge is 0.300 e. The maximum absolute atomic E-state index is 12.4. The van der Waals surface area contributed by atoms with E-state index in [1.807, 2.05) is 0 Å². The van der Waals surface area contributed by atoms with Crippen LogP contribution in [0.3, 0.4) is 0 Å². The van der Waals surface area contributed by atoms with Crippen LogP contribution in [0.1, 0.15) is 71.6 Å². The van der Waals surface area contributed by atoms with Crippen LogP contribution in [0.4, 0.5) is 0 Å². The van der Waals surface area contributed by atoms with Crippen molar-refractivity contribution < 1.29 is 9.59 Å². The minimum atomic E-state index is -0.00511. The van der Waals surface area contributed by atoms with Gasteiger partial charge >= 0.3 is 0 Å². The lowest BCUT2D eigenvalue weighted by atomic mass is 9.45. The Morgan fingerprint density at radius 3 is 2.52 bits per heavy atom. The molecule has 0 N–H and O–H groups in total. The summed E-state index contributed by atoms with van der Waals surface area (Å²) >= 11 is 0. The SMILES string of the molecule is C[C@@]12CCC(=O)C[C@H]1CC[C@H]1[C@H]2CC[C@]2(C)C(=O)CC[C@@H]12. The van der Waals surface area contributed by atoms with Crippen LogP contribution >= 0.6 is 0 Å². The monoisotopic (exact) mass is 288 g/mol. The molecular formula is C19H28O2. The molecule has 0 aromatic rings. The molecule has 0 aliphatic heterocycles. The molecule has 21 heavy (non-hydrogen) atoms. The molecule has 0 heterocycles. The maximum Gasteiger partial charge on any atom is 0.139 e. The summed E-state index contributed by atoms with van der Waals surface area (Å²) in [5.41, 5.74) is 0.374. The fourth-order valence-corrected chi connectivity index (χ4v) is 6.82. The molecule has 4 aliphatic carbocycles. The molecule has 0 saturated heterocycles. The summed E-state index contributed by atoms with van der Waals surface area (Å²) in [5.74, 6) is 3.82. The average Bonchev–Trinajstić information content (AvgIpc) is 2.76. The van der Waals surface area contributed by atoms with E-state index in [1.54, 1.807) is 0 Å². The summed E-state index contributed by atoms with van der Waals surface area (Å²) in [6, 6.07) is 0. The predicted octanol–water partition coefficient (Wildman–Crippen LogP) is 4.17. The molecule has 2 nitrogen and oxygen atoms in total. The van der Waals surface area contributed by atoms with E-state index in [0.717, 1.165) is 50.4 Å². The summed E-state index contributed by atoms with van der Waals surface area (Å²) in [4.78, 5) is 24.2. The third kappa shape index (κ3) is 1.77. The first-order valence-corrected chi connectivity index (χ1v) is 9.00. The Morgan fingerprint density at radius 1 is 0.905 bits per heavy atom. The Bertz CT molecular complexity index is 496. The van der Waals surface area contributed by atoms with Crippen LogP contribution in [-0.4, -0.2) is 11.6 Å². The van der Waals surface area contributed by atoms with E-state index in [9.17, 15) is 9.59 Å². The Labute approximate surface area is 128 Å². The maximum atomic E-state index is 12.4. The molecule has 4 aliphatic rings. The lowest BCUT2D eigenvalue weighted by Crippen LogP contribution is -2.53. The number of hydrogen-bond acceptors (Lipinski definition) is 2. The topological polar surface area (TPSA) is 34.1 Å². The van der Waals surface area contributed by atoms with Gasteiger partial charge in [0.05, 0.1) is 0 Å². The molecular weight excluding hydrogens is 260 g/mol. The Balaban J connectivity index is 1.65. The van der Waals surface area contributed by atoms with Crippen molar-refractivity contribution >= 4 is 11.6 Å². The van der Waals surface area contributed by atoms with Gasteiger partial charge in [0.1, 0.15) is 11.6 Å². The lowest BCUT2D eigenvalue weighted by Gasteiger charge is -2.59. The van der Waals surface area contributed by atoms with Crippen molar-refractivity contribution in [3.05, 3.63) is 0 Å². The van der Waals surface area contributed by atoms with Gasteiger partial charge in [0.2, 0.25) is 0 Å². The molecule has 0 unspecified atom stereocenters. The van der Waals surface area contributed by atoms with Gasteiger partial charge in [0, 0.05) is 24.7 Å². The molecule has 4 fully saturated rings. The van der Waals surface area contributed by atoms with Crippen LogP contribution in [0.5, 0.6) is 0 Å². The molecule has 6 atom stereocenters. The van der Waals surface area contributed by atoms with Gasteiger partial charge < -0.3 is 0 Å². The number of Topliss-reactive ketones (excluding diaryl/α,β-unsaturated/α-hetero) is 2. The van der Waals surface area contributed by atoms with E-state index >= 15 is 0 Å². The first kappa shape index (κ1) is 14.0. The third-order valence-electron chi connectivity index (χ3n) is 8.19. The number of ketones is 2. The zero-order valence-electron chi connectivity index (χ0n) is 13.5. The molecule has 4 rings (SSSR count). The predicted molar refractivity (Wildman–Crippen MR) is 81.7 cm³/mol. The van der Waals surface area contributed by atoms with E-state index in [0.29, 0.717) is 28.8 Å². The highest BCUT2D eigenvalue weighted by Crippen LogP contribution is 2.65. The number of fused-ring (bicyclic) bond motifs is 5. The summed E-state index contributed by atoms with van der Waals surface area (Å²) in [5, 5.41) is 0. The average molecular weight is 288 g/mol. The summed E-state index contributed by atoms with van der Waals surface area (Å²) in [6.07, 6.45) is 9.53. The number of carbonyl (C=O) groups is 2. The molecule has 2 heteroatoms. The van der Waals surface area contributed by atoms with E-state index < -0.39 is 0 Å². The molecule has 0 spiro atoms. The fraction of sp³-hybridized carbons (Fsp3) is 0.895. The van der Waals surface area contributed by atoms with Crippen molar-refractivity contribution in [2.24, 2.45) is 34.5 Å². The summed E-state index contributed by atoms with van der Waals surface area (Å²) < 4.78 is 0. The fourth-order valence-electron chi connectivity index (χ4n) is 6.82. The van der Waals surface area contributed by atoms with Crippen molar-refractivity contribution in [3.8, 4) is 0 Å². The highest BCUT2D eigenvalue weighted by atomic mass is 16.1. The second kappa shape index (κ2) is 4.43. The second-order valence-corrected chi connectivity index (χ2v) is 8.82. The Morgan fingerprint density at radius 2 is 1.71 bits per heavy atom. The van der Waals surface area contributed by atoms with Gasteiger partial charge in [-0.2, -0.15) is 0 Å². The molecule has 4 saturated carbocycles. The van der Waals surface area contributed by atoms with Gasteiger partial charge in [-0.25, -0.2) is 0 Å². The van der Waals surface area contributed by atoms with Crippen molar-refractivity contribution in [2.75, 3.05) is 0 Å². The van der Waals surface area contributed by atoms with Gasteiger partial charge in [-0.1, -0.05) is 13.8 Å². The number of rotatable bonds is 0. The van der Waals surface area contributed by atoms with Crippen LogP contribution in [0.25, 0.3) is 0 Å². The molecule has 0 aromatic carbocycles. The van der Waals surface area contributed by atoms with Crippen LogP contribution < -0.4 is 0 Å². The molecule has 0 amide bonds. The lowest BCUT2D eigenvalue weighted by molar-refractivity contribution is -0.144. The van der Waals surface area contributed by atoms with Crippen molar-refractivity contribution in [2.45, 2.75) is 71.6 Å². The van der Waals surface area contributed by atoms with Crippen molar-refractivity contribution in [3.63, 3.8) is 0 Å². The van der Waals surface area contributed by atoms with Crippen LogP contribution in [0.2, 0.25) is 0 Å². The van der Waals surface area contributed by atoms with Crippen molar-refractivity contribution in [1.29, 1.82) is 0 Å². The highest BCUT2D eigenvalue weighted by molar-refractivity contribution is 5.87. The number of hydrogen-bond donors (Lipinski definition) is 0. The molecule has 116 valence electrons. The normalized spacial score (nSPS) is 53.0. The van der Waals surface area contributed by atoms with Gasteiger partial charge in [-0.05, 0) is 67.6 Å². The zero-order chi connectivity index (χ0) is 14.8. The molecule has 0 bridgehead atoms. The Kier molecular flexibility index (Phi) is 2.94. The minimum Gasteiger partial charge on any atom is -0.300 e. The highest BCUT2D eigenvalue weighted by Gasteiger charge is 2.60. The van der Waals surface area contributed by atoms with Crippen molar-refractivity contribution in [1.82, 2.24) is 0 Å². The van der Waals surface area contributed by atoms with Gasteiger partial charge in [0.15, 0.2) is 0 Å². The minimum absolute atomic E-state index is 0.00511. The van der Waals surface area contributed by atoms with E-state index in [-0.39, 0.29) is 5.41 Å². The van der Waals surface area contributed by atoms with Gasteiger partial charge in [-0.15, -0.1) is 0 Å². The second-order valence-electron chi connectivity index (χ2n) is 8.82. The molecule has 0 radical (unpaired) electrons. The van der Waals surface area contributed by atoms with E-state index in [2.05, 4.69) is 13.8 Å². The molecule has 0 aromatic heterocycles. The van der Waals surface area contributed by atoms with Gasteiger partial charge in [-0.3, -0.25) is 9.59 Å². The number of carbonyl (C=O) groups excluding carboxylic acids is 2. The first-order chi connectivity index (χ1) is 9.95. The zero-order valence-corrected chi connectivity index (χ0v) is 13.5. The van der Waals surface area contributed by atoms with Gasteiger partial charge in [0.25, 0.3) is 0 Å². The van der Waals surface area contributed by atoms with E-state index in [4.69, 9.17) is 0 Å². The Hall–Kier alpha value is -0.660. The quantitative estimate of drug-likeness (QED) is 0.670. The van der Waals surface area contributed by atoms with Crippen LogP contribution in [0, 0.1) is 34.5 Å². The summed E-state index contributed by atoms with van der Waals surface area (Å²) in [6.45, 7) is 4.72. The first-order valence-electron chi connectivity index (χ1n) is 9.00. The van der Waals surface area contributed by atoms with Crippen LogP contribution in [0.15, 0.2) is 0 Å². The summed E-state index contributed by atoms with van der Waals surface area (Å²) in [7, 11) is 0. The standard InChI is InChI=1S/C19H28O2/c1-18-9-7-13(20)11-12(18)3-4-14-15-5-6-17(21)19(15,2)10-8-16(14)18/h12,14-16H,3-11H2,1-2H3/t12-,14-,15+,16-,18-,19+/m1/s1.